The van der Waals surface area contributed by atoms with Crippen LogP contribution < -0.4 is 16.4 Å². The number of primary amides is 1. The molecular weight excluding hydrogens is 292 g/mol. The number of thiophene rings is 1. The molecule has 2 heterocycles. The molecule has 1 saturated heterocycles. The van der Waals surface area contributed by atoms with Gasteiger partial charge < -0.3 is 21.1 Å². The highest BCUT2D eigenvalue weighted by molar-refractivity contribution is 7.14. The third kappa shape index (κ3) is 4.78. The number of nitrogens with one attached hydrogen (secondary N) is 2. The van der Waals surface area contributed by atoms with E-state index in [1.165, 1.54) is 11.3 Å². The van der Waals surface area contributed by atoms with E-state index in [1.807, 2.05) is 11.9 Å². The van der Waals surface area contributed by atoms with Gasteiger partial charge in [-0.15, -0.1) is 11.3 Å². The molecule has 4 N–H and O–H groups in total. The van der Waals surface area contributed by atoms with Crippen LogP contribution in [-0.4, -0.2) is 62.7 Å². The fourth-order valence-corrected chi connectivity index (χ4v) is 2.97. The normalized spacial score (nSPS) is 18.7. The number of anilines is 1. The quantitative estimate of drug-likeness (QED) is 0.670. The molecule has 0 aliphatic carbocycles. The van der Waals surface area contributed by atoms with Crippen molar-refractivity contribution in [1.82, 2.24) is 10.2 Å². The second-order valence-electron chi connectivity index (χ2n) is 4.97. The number of likely N-dealkylation sites (N-methyl/N-ethyl adjacent to an activating group) is 1. The minimum absolute atomic E-state index is 0.0967. The Morgan fingerprint density at radius 2 is 2.43 bits per heavy atom. The van der Waals surface area contributed by atoms with Gasteiger partial charge in [-0.25, -0.2) is 0 Å². The fraction of sp³-hybridized carbons (Fsp3) is 0.538. The second kappa shape index (κ2) is 7.51. The van der Waals surface area contributed by atoms with Crippen molar-refractivity contribution in [2.45, 2.75) is 6.10 Å². The molecular formula is C13H20N4O3S. The molecule has 1 aliphatic heterocycles. The van der Waals surface area contributed by atoms with Crippen molar-refractivity contribution in [3.05, 3.63) is 17.0 Å². The van der Waals surface area contributed by atoms with Crippen molar-refractivity contribution in [3.8, 4) is 0 Å². The van der Waals surface area contributed by atoms with Gasteiger partial charge in [-0.3, -0.25) is 14.5 Å². The van der Waals surface area contributed by atoms with Gasteiger partial charge in [-0.1, -0.05) is 0 Å². The van der Waals surface area contributed by atoms with E-state index in [4.69, 9.17) is 10.5 Å². The molecule has 0 bridgehead atoms. The van der Waals surface area contributed by atoms with Gasteiger partial charge >= 0.3 is 0 Å². The lowest BCUT2D eigenvalue weighted by atomic mass is 10.3. The number of nitrogens with two attached hydrogens (primary N) is 1. The summed E-state index contributed by atoms with van der Waals surface area (Å²) in [5.74, 6) is -0.715. The smallest absolute Gasteiger partial charge is 0.251 e. The summed E-state index contributed by atoms with van der Waals surface area (Å²) in [6.45, 7) is 3.27. The summed E-state index contributed by atoms with van der Waals surface area (Å²) in [5, 5.41) is 8.19. The van der Waals surface area contributed by atoms with Crippen molar-refractivity contribution in [3.63, 3.8) is 0 Å². The molecule has 21 heavy (non-hydrogen) atoms. The zero-order valence-corrected chi connectivity index (χ0v) is 12.7. The Balaban J connectivity index is 1.80. The van der Waals surface area contributed by atoms with E-state index in [9.17, 15) is 9.59 Å². The fourth-order valence-electron chi connectivity index (χ4n) is 2.16. The average Bonchev–Trinajstić information content (AvgIpc) is 2.87. The van der Waals surface area contributed by atoms with Gasteiger partial charge in [0.05, 0.1) is 24.8 Å². The van der Waals surface area contributed by atoms with Crippen LogP contribution in [-0.2, 0) is 9.53 Å². The van der Waals surface area contributed by atoms with Crippen molar-refractivity contribution in [1.29, 1.82) is 0 Å². The number of rotatable bonds is 6. The number of nitrogens with zero attached hydrogens (tertiary/aromatic N) is 1. The van der Waals surface area contributed by atoms with Crippen LogP contribution >= 0.6 is 11.3 Å². The van der Waals surface area contributed by atoms with Crippen molar-refractivity contribution in [2.24, 2.45) is 5.73 Å². The van der Waals surface area contributed by atoms with Crippen LogP contribution in [0.5, 0.6) is 0 Å². The first-order chi connectivity index (χ1) is 10.1. The molecule has 0 aromatic carbocycles. The molecule has 1 aliphatic rings. The number of hydrogen-bond acceptors (Lipinski definition) is 6. The van der Waals surface area contributed by atoms with Crippen molar-refractivity contribution >= 4 is 28.2 Å². The Kier molecular flexibility index (Phi) is 5.68. The molecule has 7 nitrogen and oxygen atoms in total. The largest absolute Gasteiger partial charge is 0.374 e. The van der Waals surface area contributed by atoms with Crippen LogP contribution in [0.25, 0.3) is 0 Å². The third-order valence-corrected chi connectivity index (χ3v) is 3.95. The van der Waals surface area contributed by atoms with E-state index in [-0.39, 0.29) is 18.6 Å². The van der Waals surface area contributed by atoms with Crippen LogP contribution in [0, 0.1) is 0 Å². The summed E-state index contributed by atoms with van der Waals surface area (Å²) in [7, 11) is 1.86. The first kappa shape index (κ1) is 15.9. The number of amides is 2. The van der Waals surface area contributed by atoms with E-state index in [0.29, 0.717) is 23.7 Å². The molecule has 1 atom stereocenters. The van der Waals surface area contributed by atoms with Gasteiger partial charge in [0.15, 0.2) is 0 Å². The van der Waals surface area contributed by atoms with Gasteiger partial charge in [0.25, 0.3) is 5.91 Å². The predicted octanol–water partition coefficient (Wildman–Crippen LogP) is -0.294. The van der Waals surface area contributed by atoms with Gasteiger partial charge in [-0.2, -0.15) is 0 Å². The first-order valence-corrected chi connectivity index (χ1v) is 7.62. The molecule has 1 fully saturated rings. The van der Waals surface area contributed by atoms with E-state index in [2.05, 4.69) is 10.6 Å². The second-order valence-corrected chi connectivity index (χ2v) is 5.89. The summed E-state index contributed by atoms with van der Waals surface area (Å²) < 4.78 is 5.59. The predicted molar refractivity (Wildman–Crippen MR) is 81.6 cm³/mol. The van der Waals surface area contributed by atoms with Crippen molar-refractivity contribution < 1.29 is 14.3 Å². The Morgan fingerprint density at radius 3 is 3.10 bits per heavy atom. The number of ether oxygens (including phenoxy) is 1. The lowest BCUT2D eigenvalue weighted by Gasteiger charge is -2.27. The Hall–Kier alpha value is -1.48. The van der Waals surface area contributed by atoms with E-state index in [1.54, 1.807) is 11.4 Å². The van der Waals surface area contributed by atoms with Gasteiger partial charge in [0.1, 0.15) is 5.00 Å². The SMILES string of the molecule is CN(CC(=O)Nc1sccc1C(N)=O)CC1CNCCO1. The standard InChI is InChI=1S/C13H20N4O3S/c1-17(7-9-6-15-3-4-20-9)8-11(18)16-13-10(12(14)19)2-5-21-13/h2,5,9,15H,3-4,6-8H2,1H3,(H2,14,19)(H,16,18). The van der Waals surface area contributed by atoms with Crippen LogP contribution in [0.15, 0.2) is 11.4 Å². The Morgan fingerprint density at radius 1 is 1.62 bits per heavy atom. The molecule has 116 valence electrons. The number of carbonyl (C=O) groups excluding carboxylic acids is 2. The zero-order chi connectivity index (χ0) is 15.2. The van der Waals surface area contributed by atoms with Crippen molar-refractivity contribution in [2.75, 3.05) is 45.2 Å². The van der Waals surface area contributed by atoms with Gasteiger partial charge in [0.2, 0.25) is 5.91 Å². The summed E-state index contributed by atoms with van der Waals surface area (Å²) >= 11 is 1.28. The summed E-state index contributed by atoms with van der Waals surface area (Å²) in [5.41, 5.74) is 5.59. The maximum atomic E-state index is 12.0. The molecule has 1 unspecified atom stereocenters. The molecule has 1 aromatic rings. The third-order valence-electron chi connectivity index (χ3n) is 3.12. The van der Waals surface area contributed by atoms with Gasteiger partial charge in [0, 0.05) is 19.6 Å². The highest BCUT2D eigenvalue weighted by atomic mass is 32.1. The zero-order valence-electron chi connectivity index (χ0n) is 11.9. The number of carbonyl (C=O) groups is 2. The maximum Gasteiger partial charge on any atom is 0.251 e. The number of hydrogen-bond donors (Lipinski definition) is 3. The van der Waals surface area contributed by atoms with Gasteiger partial charge in [-0.05, 0) is 18.5 Å². The minimum Gasteiger partial charge on any atom is -0.374 e. The van der Waals surface area contributed by atoms with Crippen LogP contribution in [0.2, 0.25) is 0 Å². The lowest BCUT2D eigenvalue weighted by molar-refractivity contribution is -0.117. The Bertz CT molecular complexity index is 499. The molecule has 0 saturated carbocycles. The molecule has 1 aromatic heterocycles. The van der Waals surface area contributed by atoms with Crippen LogP contribution in [0.3, 0.4) is 0 Å². The maximum absolute atomic E-state index is 12.0. The summed E-state index contributed by atoms with van der Waals surface area (Å²) in [4.78, 5) is 25.1. The molecule has 2 amide bonds. The Labute approximate surface area is 127 Å². The van der Waals surface area contributed by atoms with E-state index in [0.717, 1.165) is 13.1 Å². The van der Waals surface area contributed by atoms with E-state index >= 15 is 0 Å². The number of morpholine rings is 1. The topological polar surface area (TPSA) is 96.7 Å². The van der Waals surface area contributed by atoms with E-state index < -0.39 is 5.91 Å². The highest BCUT2D eigenvalue weighted by Crippen LogP contribution is 2.22. The monoisotopic (exact) mass is 312 g/mol. The molecule has 2 rings (SSSR count). The molecule has 0 radical (unpaired) electrons. The summed E-state index contributed by atoms with van der Waals surface area (Å²) in [6.07, 6.45) is 0.0967. The minimum atomic E-state index is -0.540. The molecule has 0 spiro atoms. The highest BCUT2D eigenvalue weighted by Gasteiger charge is 2.18. The van der Waals surface area contributed by atoms with Crippen LogP contribution in [0.4, 0.5) is 5.00 Å². The molecule has 8 heteroatoms. The summed E-state index contributed by atoms with van der Waals surface area (Å²) in [6, 6.07) is 1.61. The lowest BCUT2D eigenvalue weighted by Crippen LogP contribution is -2.45. The average molecular weight is 312 g/mol. The van der Waals surface area contributed by atoms with Crippen LogP contribution in [0.1, 0.15) is 10.4 Å². The first-order valence-electron chi connectivity index (χ1n) is 6.74.